The summed E-state index contributed by atoms with van der Waals surface area (Å²) in [4.78, 5) is 0. The molecular weight excluding hydrogens is 202 g/mol. The summed E-state index contributed by atoms with van der Waals surface area (Å²) in [6.07, 6.45) is -0.570. The van der Waals surface area contributed by atoms with Gasteiger partial charge in [-0.15, -0.1) is 0 Å². The minimum Gasteiger partial charge on any atom is -0.496 e. The highest BCUT2D eigenvalue weighted by Crippen LogP contribution is 2.34. The molecule has 0 unspecified atom stereocenters. The Morgan fingerprint density at radius 3 is 2.60 bits per heavy atom. The number of halogens is 2. The molecule has 1 aromatic rings. The largest absolute Gasteiger partial charge is 0.496 e. The lowest BCUT2D eigenvalue weighted by atomic mass is 10.0. The molecule has 0 saturated carbocycles. The van der Waals surface area contributed by atoms with Gasteiger partial charge < -0.3 is 9.84 Å². The number of rotatable bonds is 4. The van der Waals surface area contributed by atoms with Gasteiger partial charge in [-0.2, -0.15) is 0 Å². The maximum atomic E-state index is 13.4. The molecule has 0 aromatic heterocycles. The van der Waals surface area contributed by atoms with E-state index in [1.807, 2.05) is 0 Å². The predicted octanol–water partition coefficient (Wildman–Crippen LogP) is 2.48. The van der Waals surface area contributed by atoms with Crippen molar-refractivity contribution in [3.63, 3.8) is 0 Å². The number of methoxy groups -OCH3 is 1. The van der Waals surface area contributed by atoms with Crippen LogP contribution in [0.25, 0.3) is 0 Å². The third-order valence-electron chi connectivity index (χ3n) is 2.26. The van der Waals surface area contributed by atoms with Crippen molar-refractivity contribution in [2.45, 2.75) is 19.3 Å². The Hall–Kier alpha value is -1.16. The molecule has 84 valence electrons. The van der Waals surface area contributed by atoms with Gasteiger partial charge in [0.25, 0.3) is 5.92 Å². The smallest absolute Gasteiger partial charge is 0.275 e. The van der Waals surface area contributed by atoms with Crippen LogP contribution < -0.4 is 4.74 Å². The number of aryl methyl sites for hydroxylation is 1. The molecule has 0 spiro atoms. The summed E-state index contributed by atoms with van der Waals surface area (Å²) in [6, 6.07) is 4.25. The van der Waals surface area contributed by atoms with Gasteiger partial charge in [0.2, 0.25) is 0 Å². The van der Waals surface area contributed by atoms with Gasteiger partial charge in [-0.25, -0.2) is 8.78 Å². The Morgan fingerprint density at radius 1 is 1.40 bits per heavy atom. The molecule has 0 atom stereocenters. The first-order chi connectivity index (χ1) is 7.01. The Morgan fingerprint density at radius 2 is 2.07 bits per heavy atom. The van der Waals surface area contributed by atoms with Gasteiger partial charge in [0, 0.05) is 18.6 Å². The number of hydrogen-bond acceptors (Lipinski definition) is 2. The maximum Gasteiger partial charge on any atom is 0.275 e. The van der Waals surface area contributed by atoms with Crippen molar-refractivity contribution in [3.8, 4) is 5.75 Å². The molecule has 0 saturated heterocycles. The van der Waals surface area contributed by atoms with Crippen molar-refractivity contribution in [2.24, 2.45) is 0 Å². The van der Waals surface area contributed by atoms with E-state index in [4.69, 9.17) is 9.84 Å². The molecule has 0 aliphatic carbocycles. The number of ether oxygens (including phenoxy) is 1. The molecule has 1 N–H and O–H groups in total. The van der Waals surface area contributed by atoms with Crippen molar-refractivity contribution in [2.75, 3.05) is 13.7 Å². The summed E-state index contributed by atoms with van der Waals surface area (Å²) >= 11 is 0. The van der Waals surface area contributed by atoms with Crippen LogP contribution in [0.2, 0.25) is 0 Å². The standard InChI is InChI=1S/C11H14F2O2/c1-8-3-4-9(7-10(8)15-2)11(12,13)5-6-14/h3-4,7,14H,5-6H2,1-2H3. The Balaban J connectivity index is 3.04. The average molecular weight is 216 g/mol. The van der Waals surface area contributed by atoms with Crippen LogP contribution in [0.3, 0.4) is 0 Å². The van der Waals surface area contributed by atoms with Crippen molar-refractivity contribution in [1.82, 2.24) is 0 Å². The van der Waals surface area contributed by atoms with Crippen LogP contribution in [-0.4, -0.2) is 18.8 Å². The lowest BCUT2D eigenvalue weighted by Crippen LogP contribution is -2.15. The zero-order chi connectivity index (χ0) is 11.5. The van der Waals surface area contributed by atoms with Gasteiger partial charge in [-0.1, -0.05) is 12.1 Å². The summed E-state index contributed by atoms with van der Waals surface area (Å²) in [5.74, 6) is -2.57. The van der Waals surface area contributed by atoms with E-state index in [-0.39, 0.29) is 5.56 Å². The summed E-state index contributed by atoms with van der Waals surface area (Å²) < 4.78 is 31.7. The number of aliphatic hydroxyl groups is 1. The zero-order valence-corrected chi connectivity index (χ0v) is 8.76. The molecular formula is C11H14F2O2. The van der Waals surface area contributed by atoms with Crippen molar-refractivity contribution >= 4 is 0 Å². The minimum absolute atomic E-state index is 0.126. The van der Waals surface area contributed by atoms with E-state index < -0.39 is 19.0 Å². The molecule has 0 radical (unpaired) electrons. The number of benzene rings is 1. The SMILES string of the molecule is COc1cc(C(F)(F)CCO)ccc1C. The molecule has 1 rings (SSSR count). The second-order valence-electron chi connectivity index (χ2n) is 3.36. The van der Waals surface area contributed by atoms with Crippen molar-refractivity contribution < 1.29 is 18.6 Å². The summed E-state index contributed by atoms with van der Waals surface area (Å²) in [5.41, 5.74) is 0.681. The van der Waals surface area contributed by atoms with Gasteiger partial charge >= 0.3 is 0 Å². The normalized spacial score (nSPS) is 11.5. The van der Waals surface area contributed by atoms with E-state index in [1.165, 1.54) is 19.2 Å². The lowest BCUT2D eigenvalue weighted by Gasteiger charge is -2.16. The first kappa shape index (κ1) is 11.9. The van der Waals surface area contributed by atoms with Crippen molar-refractivity contribution in [3.05, 3.63) is 29.3 Å². The van der Waals surface area contributed by atoms with Crippen LogP contribution in [-0.2, 0) is 5.92 Å². The molecule has 4 heteroatoms. The van der Waals surface area contributed by atoms with Crippen LogP contribution in [0.5, 0.6) is 5.75 Å². The van der Waals surface area contributed by atoms with E-state index >= 15 is 0 Å². The minimum atomic E-state index is -3.00. The average Bonchev–Trinajstić information content (AvgIpc) is 2.18. The lowest BCUT2D eigenvalue weighted by molar-refractivity contribution is -0.0271. The van der Waals surface area contributed by atoms with Gasteiger partial charge in [-0.05, 0) is 18.6 Å². The molecule has 0 amide bonds. The fourth-order valence-corrected chi connectivity index (χ4v) is 1.33. The fraction of sp³-hybridized carbons (Fsp3) is 0.455. The quantitative estimate of drug-likeness (QED) is 0.837. The van der Waals surface area contributed by atoms with Crippen LogP contribution >= 0.6 is 0 Å². The molecule has 0 heterocycles. The Bertz CT molecular complexity index is 337. The second-order valence-corrected chi connectivity index (χ2v) is 3.36. The van der Waals surface area contributed by atoms with Crippen LogP contribution in [0, 0.1) is 6.92 Å². The number of hydrogen-bond donors (Lipinski definition) is 1. The first-order valence-electron chi connectivity index (χ1n) is 4.65. The third kappa shape index (κ3) is 2.65. The fourth-order valence-electron chi connectivity index (χ4n) is 1.33. The Labute approximate surface area is 87.5 Å². The third-order valence-corrected chi connectivity index (χ3v) is 2.26. The second kappa shape index (κ2) is 4.57. The topological polar surface area (TPSA) is 29.5 Å². The molecule has 15 heavy (non-hydrogen) atoms. The monoisotopic (exact) mass is 216 g/mol. The predicted molar refractivity (Wildman–Crippen MR) is 53.3 cm³/mol. The summed E-state index contributed by atoms with van der Waals surface area (Å²) in [5, 5.41) is 8.53. The molecule has 0 fully saturated rings. The van der Waals surface area contributed by atoms with Crippen LogP contribution in [0.15, 0.2) is 18.2 Å². The van der Waals surface area contributed by atoms with E-state index in [9.17, 15) is 8.78 Å². The molecule has 0 bridgehead atoms. The van der Waals surface area contributed by atoms with Gasteiger partial charge in [0.05, 0.1) is 7.11 Å². The molecule has 2 nitrogen and oxygen atoms in total. The molecule has 1 aromatic carbocycles. The van der Waals surface area contributed by atoms with Crippen LogP contribution in [0.1, 0.15) is 17.5 Å². The van der Waals surface area contributed by atoms with Gasteiger partial charge in [-0.3, -0.25) is 0 Å². The van der Waals surface area contributed by atoms with E-state index in [0.29, 0.717) is 5.75 Å². The highest BCUT2D eigenvalue weighted by Gasteiger charge is 2.31. The van der Waals surface area contributed by atoms with Gasteiger partial charge in [0.1, 0.15) is 5.75 Å². The Kier molecular flexibility index (Phi) is 3.63. The highest BCUT2D eigenvalue weighted by atomic mass is 19.3. The molecule has 0 aliphatic rings. The maximum absolute atomic E-state index is 13.4. The number of aliphatic hydroxyl groups excluding tert-OH is 1. The highest BCUT2D eigenvalue weighted by molar-refractivity contribution is 5.38. The first-order valence-corrected chi connectivity index (χ1v) is 4.65. The summed E-state index contributed by atoms with van der Waals surface area (Å²) in [7, 11) is 1.44. The summed E-state index contributed by atoms with van der Waals surface area (Å²) in [6.45, 7) is 1.25. The number of alkyl halides is 2. The molecule has 0 aliphatic heterocycles. The van der Waals surface area contributed by atoms with E-state index in [1.54, 1.807) is 13.0 Å². The van der Waals surface area contributed by atoms with E-state index in [2.05, 4.69) is 0 Å². The van der Waals surface area contributed by atoms with E-state index in [0.717, 1.165) is 5.56 Å². The van der Waals surface area contributed by atoms with Crippen LogP contribution in [0.4, 0.5) is 8.78 Å². The zero-order valence-electron chi connectivity index (χ0n) is 8.76. The van der Waals surface area contributed by atoms with Crippen molar-refractivity contribution in [1.29, 1.82) is 0 Å². The van der Waals surface area contributed by atoms with Gasteiger partial charge in [0.15, 0.2) is 0 Å².